The smallest absolute Gasteiger partial charge is 0.416 e. The molecule has 2 N–H and O–H groups in total. The standard InChI is InChI=1S/C16H20F3NO3/c1-3-15(2,14(22)23)20-13(21)9-5-7-11-6-4-8-12(10-11)16(17,18)19/h4,6,8,10H,3,5,7,9H2,1-2H3,(H,20,21)(H,22,23). The lowest BCUT2D eigenvalue weighted by atomic mass is 9.98. The van der Waals surface area contributed by atoms with Gasteiger partial charge in [0.25, 0.3) is 0 Å². The minimum atomic E-state index is -4.39. The van der Waals surface area contributed by atoms with Crippen LogP contribution in [-0.4, -0.2) is 22.5 Å². The number of carbonyl (C=O) groups is 2. The molecule has 0 spiro atoms. The van der Waals surface area contributed by atoms with Crippen LogP contribution in [-0.2, 0) is 22.2 Å². The van der Waals surface area contributed by atoms with Crippen molar-refractivity contribution < 1.29 is 27.9 Å². The number of halogens is 3. The van der Waals surface area contributed by atoms with Gasteiger partial charge in [0.05, 0.1) is 5.56 Å². The Labute approximate surface area is 132 Å². The molecule has 0 saturated carbocycles. The van der Waals surface area contributed by atoms with Gasteiger partial charge in [-0.05, 0) is 37.8 Å². The van der Waals surface area contributed by atoms with E-state index >= 15 is 0 Å². The predicted octanol–water partition coefficient (Wildman–Crippen LogP) is 3.40. The monoisotopic (exact) mass is 331 g/mol. The van der Waals surface area contributed by atoms with Crippen LogP contribution in [0.3, 0.4) is 0 Å². The largest absolute Gasteiger partial charge is 0.480 e. The number of aryl methyl sites for hydroxylation is 1. The molecule has 0 heterocycles. The third-order valence-corrected chi connectivity index (χ3v) is 3.72. The first-order valence-corrected chi connectivity index (χ1v) is 7.29. The van der Waals surface area contributed by atoms with Gasteiger partial charge in [-0.15, -0.1) is 0 Å². The van der Waals surface area contributed by atoms with E-state index in [9.17, 15) is 22.8 Å². The third kappa shape index (κ3) is 5.58. The van der Waals surface area contributed by atoms with Gasteiger partial charge in [0.15, 0.2) is 0 Å². The zero-order valence-electron chi connectivity index (χ0n) is 13.0. The maximum atomic E-state index is 12.6. The Kier molecular flexibility index (Phi) is 6.18. The number of carboxylic acid groups (broad SMARTS) is 1. The molecule has 23 heavy (non-hydrogen) atoms. The molecule has 0 radical (unpaired) electrons. The Morgan fingerprint density at radius 3 is 2.43 bits per heavy atom. The molecule has 1 aromatic carbocycles. The molecule has 1 unspecified atom stereocenters. The molecule has 0 aromatic heterocycles. The van der Waals surface area contributed by atoms with Crippen LogP contribution in [0.2, 0.25) is 0 Å². The van der Waals surface area contributed by atoms with Crippen molar-refractivity contribution in [2.75, 3.05) is 0 Å². The molecule has 0 bridgehead atoms. The molecule has 0 aliphatic rings. The summed E-state index contributed by atoms with van der Waals surface area (Å²) < 4.78 is 37.8. The van der Waals surface area contributed by atoms with Crippen LogP contribution in [0.25, 0.3) is 0 Å². The normalized spacial score (nSPS) is 14.1. The molecular formula is C16H20F3NO3. The number of nitrogens with one attached hydrogen (secondary N) is 1. The van der Waals surface area contributed by atoms with Crippen molar-refractivity contribution in [1.29, 1.82) is 0 Å². The second-order valence-electron chi connectivity index (χ2n) is 5.59. The number of carboxylic acids is 1. The van der Waals surface area contributed by atoms with E-state index in [1.807, 2.05) is 0 Å². The fourth-order valence-corrected chi connectivity index (χ4v) is 2.02. The lowest BCUT2D eigenvalue weighted by Gasteiger charge is -2.24. The van der Waals surface area contributed by atoms with Crippen LogP contribution in [0.5, 0.6) is 0 Å². The number of rotatable bonds is 7. The van der Waals surface area contributed by atoms with E-state index in [1.54, 1.807) is 13.0 Å². The van der Waals surface area contributed by atoms with Crippen molar-refractivity contribution in [3.63, 3.8) is 0 Å². The highest BCUT2D eigenvalue weighted by atomic mass is 19.4. The second kappa shape index (κ2) is 7.48. The van der Waals surface area contributed by atoms with Crippen molar-refractivity contribution >= 4 is 11.9 Å². The summed E-state index contributed by atoms with van der Waals surface area (Å²) in [5, 5.41) is 11.5. The molecule has 0 saturated heterocycles. The molecule has 1 aromatic rings. The number of aliphatic carboxylic acids is 1. The zero-order chi connectivity index (χ0) is 17.7. The zero-order valence-corrected chi connectivity index (χ0v) is 13.0. The minimum absolute atomic E-state index is 0.0547. The molecule has 1 atom stereocenters. The molecular weight excluding hydrogens is 311 g/mol. The summed E-state index contributed by atoms with van der Waals surface area (Å²) in [5.41, 5.74) is -1.55. The molecule has 1 rings (SSSR count). The molecule has 7 heteroatoms. The second-order valence-corrected chi connectivity index (χ2v) is 5.59. The number of hydrogen-bond donors (Lipinski definition) is 2. The van der Waals surface area contributed by atoms with Crippen LogP contribution in [0.15, 0.2) is 24.3 Å². The van der Waals surface area contributed by atoms with E-state index in [-0.39, 0.29) is 12.8 Å². The maximum absolute atomic E-state index is 12.6. The lowest BCUT2D eigenvalue weighted by molar-refractivity contribution is -0.147. The summed E-state index contributed by atoms with van der Waals surface area (Å²) >= 11 is 0. The van der Waals surface area contributed by atoms with Gasteiger partial charge in [0, 0.05) is 6.42 Å². The molecule has 1 amide bonds. The lowest BCUT2D eigenvalue weighted by Crippen LogP contribution is -2.51. The van der Waals surface area contributed by atoms with Crippen LogP contribution in [0.1, 0.15) is 44.2 Å². The van der Waals surface area contributed by atoms with Gasteiger partial charge in [-0.1, -0.05) is 25.1 Å². The predicted molar refractivity (Wildman–Crippen MR) is 78.9 cm³/mol. The first-order chi connectivity index (χ1) is 10.6. The number of hydrogen-bond acceptors (Lipinski definition) is 2. The molecule has 0 aliphatic heterocycles. The number of benzene rings is 1. The summed E-state index contributed by atoms with van der Waals surface area (Å²) in [7, 11) is 0. The van der Waals surface area contributed by atoms with E-state index in [4.69, 9.17) is 5.11 Å². The fourth-order valence-electron chi connectivity index (χ4n) is 2.02. The van der Waals surface area contributed by atoms with Crippen molar-refractivity contribution in [2.45, 2.75) is 51.2 Å². The van der Waals surface area contributed by atoms with Crippen molar-refractivity contribution in [2.24, 2.45) is 0 Å². The van der Waals surface area contributed by atoms with Gasteiger partial charge in [-0.25, -0.2) is 4.79 Å². The van der Waals surface area contributed by atoms with Crippen molar-refractivity contribution in [3.05, 3.63) is 35.4 Å². The number of amides is 1. The van der Waals surface area contributed by atoms with Gasteiger partial charge in [0.2, 0.25) is 5.91 Å². The first-order valence-electron chi connectivity index (χ1n) is 7.29. The fraction of sp³-hybridized carbons (Fsp3) is 0.500. The van der Waals surface area contributed by atoms with Gasteiger partial charge in [-0.3, -0.25) is 4.79 Å². The van der Waals surface area contributed by atoms with Crippen LogP contribution in [0.4, 0.5) is 13.2 Å². The highest BCUT2D eigenvalue weighted by molar-refractivity contribution is 5.86. The Bertz CT molecular complexity index is 572. The number of alkyl halides is 3. The quantitative estimate of drug-likeness (QED) is 0.805. The van der Waals surface area contributed by atoms with Gasteiger partial charge in [0.1, 0.15) is 5.54 Å². The van der Waals surface area contributed by atoms with Crippen LogP contribution >= 0.6 is 0 Å². The van der Waals surface area contributed by atoms with E-state index in [1.165, 1.54) is 13.0 Å². The Balaban J connectivity index is 2.54. The highest BCUT2D eigenvalue weighted by Gasteiger charge is 2.32. The van der Waals surface area contributed by atoms with Crippen LogP contribution in [0, 0.1) is 0 Å². The molecule has 128 valence electrons. The van der Waals surface area contributed by atoms with Gasteiger partial charge < -0.3 is 10.4 Å². The van der Waals surface area contributed by atoms with E-state index in [0.717, 1.165) is 12.1 Å². The Hall–Kier alpha value is -2.05. The summed E-state index contributed by atoms with van der Waals surface area (Å²) in [5.74, 6) is -1.55. The molecule has 0 fully saturated rings. The average molecular weight is 331 g/mol. The topological polar surface area (TPSA) is 66.4 Å². The summed E-state index contributed by atoms with van der Waals surface area (Å²) in [4.78, 5) is 22.9. The Morgan fingerprint density at radius 2 is 1.91 bits per heavy atom. The molecule has 0 aliphatic carbocycles. The van der Waals surface area contributed by atoms with Gasteiger partial charge >= 0.3 is 12.1 Å². The van der Waals surface area contributed by atoms with E-state index in [2.05, 4.69) is 5.32 Å². The molecule has 4 nitrogen and oxygen atoms in total. The first kappa shape index (κ1) is 19.0. The third-order valence-electron chi connectivity index (χ3n) is 3.72. The van der Waals surface area contributed by atoms with Crippen molar-refractivity contribution in [1.82, 2.24) is 5.32 Å². The summed E-state index contributed by atoms with van der Waals surface area (Å²) in [6, 6.07) is 4.96. The van der Waals surface area contributed by atoms with Crippen molar-refractivity contribution in [3.8, 4) is 0 Å². The van der Waals surface area contributed by atoms with Gasteiger partial charge in [-0.2, -0.15) is 13.2 Å². The highest BCUT2D eigenvalue weighted by Crippen LogP contribution is 2.29. The van der Waals surface area contributed by atoms with E-state index in [0.29, 0.717) is 18.4 Å². The van der Waals surface area contributed by atoms with E-state index < -0.39 is 29.2 Å². The summed E-state index contributed by atoms with van der Waals surface area (Å²) in [6.07, 6.45) is -3.45. The maximum Gasteiger partial charge on any atom is 0.416 e. The Morgan fingerprint density at radius 1 is 1.26 bits per heavy atom. The average Bonchev–Trinajstić information content (AvgIpc) is 2.46. The SMILES string of the molecule is CCC(C)(NC(=O)CCCc1cccc(C(F)(F)F)c1)C(=O)O. The summed E-state index contributed by atoms with van der Waals surface area (Å²) in [6.45, 7) is 3.07. The minimum Gasteiger partial charge on any atom is -0.480 e. The number of carbonyl (C=O) groups excluding carboxylic acids is 1. The van der Waals surface area contributed by atoms with Crippen LogP contribution < -0.4 is 5.32 Å².